The number of imidazole rings is 1. The molecule has 0 atom stereocenters. The molecule has 20 heavy (non-hydrogen) atoms. The largest absolute Gasteiger partial charge is 0.492 e. The highest BCUT2D eigenvalue weighted by molar-refractivity contribution is 7.80. The molecule has 1 aromatic carbocycles. The molecular weight excluding hydrogens is 270 g/mol. The Morgan fingerprint density at radius 1 is 1.45 bits per heavy atom. The molecule has 0 spiro atoms. The first-order chi connectivity index (χ1) is 9.70. The zero-order valence-corrected chi connectivity index (χ0v) is 12.4. The van der Waals surface area contributed by atoms with Gasteiger partial charge in [-0.2, -0.15) is 0 Å². The third kappa shape index (κ3) is 3.81. The van der Waals surface area contributed by atoms with Crippen molar-refractivity contribution in [2.75, 3.05) is 6.61 Å². The first-order valence-electron chi connectivity index (χ1n) is 6.73. The molecule has 2 rings (SSSR count). The van der Waals surface area contributed by atoms with Gasteiger partial charge >= 0.3 is 0 Å². The van der Waals surface area contributed by atoms with Crippen LogP contribution in [0.25, 0.3) is 0 Å². The number of rotatable bonds is 7. The van der Waals surface area contributed by atoms with Gasteiger partial charge in [-0.25, -0.2) is 4.98 Å². The first kappa shape index (κ1) is 14.5. The lowest BCUT2D eigenvalue weighted by Crippen LogP contribution is -2.12. The van der Waals surface area contributed by atoms with E-state index in [4.69, 9.17) is 22.7 Å². The molecule has 0 unspecified atom stereocenters. The molecule has 0 saturated carbocycles. The number of ether oxygens (including phenoxy) is 1. The molecule has 4 nitrogen and oxygen atoms in total. The van der Waals surface area contributed by atoms with Gasteiger partial charge in [-0.15, -0.1) is 0 Å². The second-order valence-corrected chi connectivity index (χ2v) is 4.97. The van der Waals surface area contributed by atoms with Gasteiger partial charge in [0, 0.05) is 24.4 Å². The topological polar surface area (TPSA) is 53.1 Å². The molecule has 0 bridgehead atoms. The van der Waals surface area contributed by atoms with E-state index >= 15 is 0 Å². The predicted octanol–water partition coefficient (Wildman–Crippen LogP) is 2.55. The average molecular weight is 289 g/mol. The van der Waals surface area contributed by atoms with E-state index < -0.39 is 0 Å². The van der Waals surface area contributed by atoms with Crippen molar-refractivity contribution < 1.29 is 4.74 Å². The van der Waals surface area contributed by atoms with Crippen LogP contribution in [-0.4, -0.2) is 21.1 Å². The summed E-state index contributed by atoms with van der Waals surface area (Å²) in [6, 6.07) is 7.54. The lowest BCUT2D eigenvalue weighted by Gasteiger charge is -2.10. The lowest BCUT2D eigenvalue weighted by atomic mass is 10.2. The Morgan fingerprint density at radius 3 is 3.05 bits per heavy atom. The maximum Gasteiger partial charge on any atom is 0.120 e. The van der Waals surface area contributed by atoms with Crippen LogP contribution in [0.4, 0.5) is 0 Å². The summed E-state index contributed by atoms with van der Waals surface area (Å²) < 4.78 is 7.87. The number of hydrogen-bond donors (Lipinski definition) is 1. The Morgan fingerprint density at radius 2 is 2.30 bits per heavy atom. The molecule has 0 aliphatic carbocycles. The number of nitrogens with zero attached hydrogens (tertiary/aromatic N) is 2. The van der Waals surface area contributed by atoms with Crippen molar-refractivity contribution in [3.63, 3.8) is 0 Å². The molecule has 0 saturated heterocycles. The van der Waals surface area contributed by atoms with Crippen LogP contribution in [0.5, 0.6) is 5.75 Å². The van der Waals surface area contributed by atoms with Crippen molar-refractivity contribution in [3.8, 4) is 5.75 Å². The fraction of sp³-hybridized carbons (Fsp3) is 0.333. The van der Waals surface area contributed by atoms with Crippen LogP contribution < -0.4 is 10.5 Å². The molecule has 0 amide bonds. The van der Waals surface area contributed by atoms with E-state index in [0.29, 0.717) is 11.6 Å². The van der Waals surface area contributed by atoms with Crippen LogP contribution in [0, 0.1) is 0 Å². The van der Waals surface area contributed by atoms with Crippen molar-refractivity contribution >= 4 is 17.2 Å². The molecule has 106 valence electrons. The summed E-state index contributed by atoms with van der Waals surface area (Å²) >= 11 is 4.96. The smallest absolute Gasteiger partial charge is 0.120 e. The quantitative estimate of drug-likeness (QED) is 0.796. The van der Waals surface area contributed by atoms with E-state index in [1.807, 2.05) is 36.7 Å². The average Bonchev–Trinajstić information content (AvgIpc) is 2.87. The third-order valence-corrected chi connectivity index (χ3v) is 3.23. The summed E-state index contributed by atoms with van der Waals surface area (Å²) in [5.41, 5.74) is 6.43. The van der Waals surface area contributed by atoms with Gasteiger partial charge in [-0.1, -0.05) is 31.3 Å². The molecule has 0 aliphatic heterocycles. The van der Waals surface area contributed by atoms with Gasteiger partial charge in [0.05, 0.1) is 6.54 Å². The standard InChI is InChI=1S/C15H19N3OS/c1-2-4-14-17-7-8-18(14)9-10-19-13-6-3-5-12(11-13)15(16)20/h3,5-8,11H,2,4,9-10H2,1H3,(H2,16,20). The van der Waals surface area contributed by atoms with Gasteiger partial charge in [0.25, 0.3) is 0 Å². The Kier molecular flexibility index (Phi) is 5.12. The monoisotopic (exact) mass is 289 g/mol. The minimum Gasteiger partial charge on any atom is -0.492 e. The number of aromatic nitrogens is 2. The van der Waals surface area contributed by atoms with Crippen LogP contribution in [0.2, 0.25) is 0 Å². The van der Waals surface area contributed by atoms with E-state index in [0.717, 1.165) is 36.5 Å². The predicted molar refractivity (Wildman–Crippen MR) is 84.0 cm³/mol. The molecule has 1 heterocycles. The summed E-state index contributed by atoms with van der Waals surface area (Å²) in [7, 11) is 0. The van der Waals surface area contributed by atoms with Crippen LogP contribution in [0.3, 0.4) is 0 Å². The minimum absolute atomic E-state index is 0.385. The second kappa shape index (κ2) is 7.05. The van der Waals surface area contributed by atoms with Gasteiger partial charge in [0.2, 0.25) is 0 Å². The van der Waals surface area contributed by atoms with E-state index in [9.17, 15) is 0 Å². The van der Waals surface area contributed by atoms with Crippen molar-refractivity contribution in [3.05, 3.63) is 48.0 Å². The molecule has 2 N–H and O–H groups in total. The van der Waals surface area contributed by atoms with Crippen LogP contribution in [-0.2, 0) is 13.0 Å². The molecule has 0 aliphatic rings. The highest BCUT2D eigenvalue weighted by atomic mass is 32.1. The zero-order chi connectivity index (χ0) is 14.4. The number of thiocarbonyl (C=S) groups is 1. The van der Waals surface area contributed by atoms with Gasteiger partial charge in [-0.3, -0.25) is 0 Å². The first-order valence-corrected chi connectivity index (χ1v) is 7.14. The highest BCUT2D eigenvalue weighted by Crippen LogP contribution is 2.13. The van der Waals surface area contributed by atoms with Crippen molar-refractivity contribution in [1.82, 2.24) is 9.55 Å². The van der Waals surface area contributed by atoms with Gasteiger partial charge < -0.3 is 15.0 Å². The summed E-state index contributed by atoms with van der Waals surface area (Å²) in [4.78, 5) is 4.73. The summed E-state index contributed by atoms with van der Waals surface area (Å²) in [5, 5.41) is 0. The molecular formula is C15H19N3OS. The van der Waals surface area contributed by atoms with E-state index in [2.05, 4.69) is 16.5 Å². The second-order valence-electron chi connectivity index (χ2n) is 4.53. The Labute approximate surface area is 124 Å². The van der Waals surface area contributed by atoms with Crippen LogP contribution >= 0.6 is 12.2 Å². The zero-order valence-electron chi connectivity index (χ0n) is 11.6. The van der Waals surface area contributed by atoms with E-state index in [1.54, 1.807) is 0 Å². The number of aryl methyl sites for hydroxylation is 1. The minimum atomic E-state index is 0.385. The summed E-state index contributed by atoms with van der Waals surface area (Å²) in [5.74, 6) is 1.89. The molecule has 0 fully saturated rings. The maximum atomic E-state index is 5.74. The van der Waals surface area contributed by atoms with Crippen molar-refractivity contribution in [2.24, 2.45) is 5.73 Å². The number of benzene rings is 1. The van der Waals surface area contributed by atoms with E-state index in [-0.39, 0.29) is 0 Å². The Balaban J connectivity index is 1.91. The van der Waals surface area contributed by atoms with Gasteiger partial charge in [-0.05, 0) is 18.6 Å². The Bertz CT molecular complexity index is 580. The number of nitrogens with two attached hydrogens (primary N) is 1. The third-order valence-electron chi connectivity index (χ3n) is 2.99. The normalized spacial score (nSPS) is 10.4. The van der Waals surface area contributed by atoms with E-state index in [1.165, 1.54) is 0 Å². The highest BCUT2D eigenvalue weighted by Gasteiger charge is 2.03. The van der Waals surface area contributed by atoms with Gasteiger partial charge in [0.15, 0.2) is 0 Å². The maximum absolute atomic E-state index is 5.74. The molecule has 1 aromatic heterocycles. The lowest BCUT2D eigenvalue weighted by molar-refractivity contribution is 0.296. The van der Waals surface area contributed by atoms with Crippen molar-refractivity contribution in [2.45, 2.75) is 26.3 Å². The van der Waals surface area contributed by atoms with Crippen LogP contribution in [0.15, 0.2) is 36.7 Å². The van der Waals surface area contributed by atoms with Crippen LogP contribution in [0.1, 0.15) is 24.7 Å². The number of hydrogen-bond acceptors (Lipinski definition) is 3. The molecule has 0 radical (unpaired) electrons. The van der Waals surface area contributed by atoms with Crippen molar-refractivity contribution in [1.29, 1.82) is 0 Å². The molecule has 2 aromatic rings. The SMILES string of the molecule is CCCc1nccn1CCOc1cccc(C(N)=S)c1. The Hall–Kier alpha value is -1.88. The molecule has 5 heteroatoms. The summed E-state index contributed by atoms with van der Waals surface area (Å²) in [6.07, 6.45) is 5.90. The summed E-state index contributed by atoms with van der Waals surface area (Å²) in [6.45, 7) is 3.53. The van der Waals surface area contributed by atoms with Gasteiger partial charge in [0.1, 0.15) is 23.2 Å². The fourth-order valence-electron chi connectivity index (χ4n) is 2.00. The fourth-order valence-corrected chi connectivity index (χ4v) is 2.12.